The fourth-order valence-corrected chi connectivity index (χ4v) is 6.23. The molecule has 0 saturated carbocycles. The Kier molecular flexibility index (Phi) is 6.78. The summed E-state index contributed by atoms with van der Waals surface area (Å²) in [6.45, 7) is 2.21. The first kappa shape index (κ1) is 20.3. The summed E-state index contributed by atoms with van der Waals surface area (Å²) in [5.41, 5.74) is 2.41. The highest BCUT2D eigenvalue weighted by Crippen LogP contribution is 2.42. The average molecular weight is 411 g/mol. The van der Waals surface area contributed by atoms with Crippen LogP contribution in [0.5, 0.6) is 0 Å². The van der Waals surface area contributed by atoms with Gasteiger partial charge >= 0.3 is 6.03 Å². The van der Waals surface area contributed by atoms with Crippen LogP contribution in [0.1, 0.15) is 30.4 Å². The molecule has 2 amide bonds. The van der Waals surface area contributed by atoms with E-state index in [1.807, 2.05) is 23.9 Å². The summed E-state index contributed by atoms with van der Waals surface area (Å²) in [6, 6.07) is 21.5. The van der Waals surface area contributed by atoms with Crippen molar-refractivity contribution in [2.75, 3.05) is 19.5 Å². The molecular formula is C24H30N2O2S. The lowest BCUT2D eigenvalue weighted by atomic mass is 10.0. The summed E-state index contributed by atoms with van der Waals surface area (Å²) >= 11 is 2.05. The Labute approximate surface area is 178 Å². The molecule has 2 heterocycles. The maximum Gasteiger partial charge on any atom is 0.321 e. The van der Waals surface area contributed by atoms with Crippen molar-refractivity contribution in [1.82, 2.24) is 9.80 Å². The van der Waals surface area contributed by atoms with Gasteiger partial charge in [-0.2, -0.15) is 11.8 Å². The molecule has 5 heteroatoms. The zero-order valence-corrected chi connectivity index (χ0v) is 17.9. The molecule has 2 aromatic rings. The maximum absolute atomic E-state index is 13.5. The molecule has 4 rings (SSSR count). The lowest BCUT2D eigenvalue weighted by molar-refractivity contribution is 0.179. The van der Waals surface area contributed by atoms with E-state index in [0.29, 0.717) is 30.4 Å². The first-order valence-electron chi connectivity index (χ1n) is 10.5. The number of nitrogens with zero attached hydrogens (tertiary/aromatic N) is 2. The van der Waals surface area contributed by atoms with Gasteiger partial charge in [-0.3, -0.25) is 0 Å². The lowest BCUT2D eigenvalue weighted by Gasteiger charge is -2.27. The van der Waals surface area contributed by atoms with Crippen LogP contribution in [0.2, 0.25) is 0 Å². The number of unbranched alkanes of at least 4 members (excludes halogenated alkanes) is 1. The highest BCUT2D eigenvalue weighted by atomic mass is 32.2. The monoisotopic (exact) mass is 410 g/mol. The summed E-state index contributed by atoms with van der Waals surface area (Å²) < 4.78 is 5.21. The number of thioether (sulfide) groups is 1. The first-order chi connectivity index (χ1) is 14.3. The Bertz CT molecular complexity index is 786. The van der Waals surface area contributed by atoms with E-state index in [2.05, 4.69) is 58.3 Å². The molecule has 29 heavy (non-hydrogen) atoms. The van der Waals surface area contributed by atoms with Gasteiger partial charge in [0, 0.05) is 37.8 Å². The predicted molar refractivity (Wildman–Crippen MR) is 119 cm³/mol. The van der Waals surface area contributed by atoms with E-state index in [4.69, 9.17) is 4.74 Å². The van der Waals surface area contributed by atoms with E-state index in [9.17, 15) is 4.79 Å². The number of hydrogen-bond donors (Lipinski definition) is 0. The highest BCUT2D eigenvalue weighted by molar-refractivity contribution is 8.00. The smallest absolute Gasteiger partial charge is 0.321 e. The summed E-state index contributed by atoms with van der Waals surface area (Å²) in [4.78, 5) is 17.7. The molecule has 0 bridgehead atoms. The molecule has 4 nitrogen and oxygen atoms in total. The lowest BCUT2D eigenvalue weighted by Crippen LogP contribution is -2.40. The van der Waals surface area contributed by atoms with E-state index < -0.39 is 0 Å². The van der Waals surface area contributed by atoms with E-state index >= 15 is 0 Å². The van der Waals surface area contributed by atoms with Crippen molar-refractivity contribution < 1.29 is 9.53 Å². The molecule has 3 atom stereocenters. The number of carbonyl (C=O) groups is 1. The van der Waals surface area contributed by atoms with Gasteiger partial charge in [-0.15, -0.1) is 0 Å². The minimum atomic E-state index is 0.190. The zero-order chi connectivity index (χ0) is 20.1. The highest BCUT2D eigenvalue weighted by Gasteiger charge is 2.52. The van der Waals surface area contributed by atoms with Gasteiger partial charge in [-0.05, 0) is 30.4 Å². The van der Waals surface area contributed by atoms with E-state index in [1.165, 1.54) is 11.1 Å². The Balaban J connectivity index is 1.53. The van der Waals surface area contributed by atoms with Crippen LogP contribution in [-0.4, -0.2) is 52.6 Å². The van der Waals surface area contributed by atoms with Crippen molar-refractivity contribution in [3.8, 4) is 0 Å². The van der Waals surface area contributed by atoms with Crippen LogP contribution in [0.15, 0.2) is 60.7 Å². The fraction of sp³-hybridized carbons (Fsp3) is 0.458. The summed E-state index contributed by atoms with van der Waals surface area (Å²) in [7, 11) is 1.76. The molecule has 0 N–H and O–H groups in total. The minimum Gasteiger partial charge on any atom is -0.385 e. The number of carbonyl (C=O) groups excluding carboxylic acids is 1. The SMILES string of the molecule is COCCCCC1SCC2C1N(Cc1ccccc1)C(=O)N2Cc1ccccc1. The average Bonchev–Trinajstić information content (AvgIpc) is 3.27. The number of ether oxygens (including phenoxy) is 1. The molecule has 2 saturated heterocycles. The second-order valence-corrected chi connectivity index (χ2v) is 9.20. The molecule has 2 aliphatic rings. The van der Waals surface area contributed by atoms with Crippen LogP contribution in [0.3, 0.4) is 0 Å². The van der Waals surface area contributed by atoms with Gasteiger partial charge in [-0.1, -0.05) is 60.7 Å². The number of rotatable bonds is 9. The van der Waals surface area contributed by atoms with Crippen LogP contribution in [0, 0.1) is 0 Å². The summed E-state index contributed by atoms with van der Waals surface area (Å²) in [6.07, 6.45) is 3.39. The Hall–Kier alpha value is -1.98. The second-order valence-electron chi connectivity index (χ2n) is 7.93. The predicted octanol–water partition coefficient (Wildman–Crippen LogP) is 4.79. The van der Waals surface area contributed by atoms with Gasteiger partial charge < -0.3 is 14.5 Å². The number of urea groups is 1. The van der Waals surface area contributed by atoms with Crippen molar-refractivity contribution in [2.45, 2.75) is 49.7 Å². The standard InChI is InChI=1S/C24H30N2O2S/c1-28-15-9-8-14-22-23-21(18-29-22)25(16-19-10-4-2-5-11-19)24(27)26(23)17-20-12-6-3-7-13-20/h2-7,10-13,21-23H,8-9,14-18H2,1H3. The van der Waals surface area contributed by atoms with Crippen molar-refractivity contribution >= 4 is 17.8 Å². The first-order valence-corrected chi connectivity index (χ1v) is 11.6. The maximum atomic E-state index is 13.5. The van der Waals surface area contributed by atoms with Crippen molar-refractivity contribution in [2.24, 2.45) is 0 Å². The Morgan fingerprint density at radius 3 is 2.17 bits per heavy atom. The zero-order valence-electron chi connectivity index (χ0n) is 17.1. The van der Waals surface area contributed by atoms with Crippen LogP contribution in [-0.2, 0) is 17.8 Å². The second kappa shape index (κ2) is 9.68. The molecule has 3 unspecified atom stereocenters. The van der Waals surface area contributed by atoms with Gasteiger partial charge in [0.25, 0.3) is 0 Å². The third kappa shape index (κ3) is 4.62. The quantitative estimate of drug-likeness (QED) is 0.440. The molecule has 2 fully saturated rings. The third-order valence-electron chi connectivity index (χ3n) is 5.99. The molecule has 0 aliphatic carbocycles. The molecule has 154 valence electrons. The van der Waals surface area contributed by atoms with Crippen LogP contribution >= 0.6 is 11.8 Å². The van der Waals surface area contributed by atoms with Gasteiger partial charge in [0.2, 0.25) is 0 Å². The molecule has 2 aromatic carbocycles. The van der Waals surface area contributed by atoms with E-state index in [-0.39, 0.29) is 6.03 Å². The summed E-state index contributed by atoms with van der Waals surface area (Å²) in [5.74, 6) is 1.03. The Morgan fingerprint density at radius 1 is 0.931 bits per heavy atom. The Morgan fingerprint density at radius 2 is 1.55 bits per heavy atom. The molecular weight excluding hydrogens is 380 g/mol. The number of benzene rings is 2. The normalized spacial score (nSPS) is 23.6. The van der Waals surface area contributed by atoms with E-state index in [1.54, 1.807) is 7.11 Å². The third-order valence-corrected chi connectivity index (χ3v) is 7.46. The van der Waals surface area contributed by atoms with Crippen LogP contribution in [0.25, 0.3) is 0 Å². The number of amides is 2. The molecule has 2 aliphatic heterocycles. The minimum absolute atomic E-state index is 0.190. The van der Waals surface area contributed by atoms with Crippen molar-refractivity contribution in [3.05, 3.63) is 71.8 Å². The van der Waals surface area contributed by atoms with Crippen LogP contribution in [0.4, 0.5) is 4.79 Å². The topological polar surface area (TPSA) is 32.8 Å². The molecule has 0 aromatic heterocycles. The fourth-order valence-electron chi connectivity index (χ4n) is 4.55. The van der Waals surface area contributed by atoms with Gasteiger partial charge in [0.1, 0.15) is 0 Å². The number of methoxy groups -OCH3 is 1. The van der Waals surface area contributed by atoms with Gasteiger partial charge in [0.05, 0.1) is 12.1 Å². The van der Waals surface area contributed by atoms with Gasteiger partial charge in [0.15, 0.2) is 0 Å². The van der Waals surface area contributed by atoms with Gasteiger partial charge in [-0.25, -0.2) is 4.79 Å². The number of hydrogen-bond acceptors (Lipinski definition) is 3. The van der Waals surface area contributed by atoms with E-state index in [0.717, 1.165) is 31.6 Å². The number of fused-ring (bicyclic) bond motifs is 1. The molecule has 0 spiro atoms. The molecule has 0 radical (unpaired) electrons. The largest absolute Gasteiger partial charge is 0.385 e. The van der Waals surface area contributed by atoms with Crippen LogP contribution < -0.4 is 0 Å². The summed E-state index contributed by atoms with van der Waals surface area (Å²) in [5, 5.41) is 0.505. The van der Waals surface area contributed by atoms with Crippen molar-refractivity contribution in [1.29, 1.82) is 0 Å². The van der Waals surface area contributed by atoms with Crippen molar-refractivity contribution in [3.63, 3.8) is 0 Å².